The van der Waals surface area contributed by atoms with E-state index in [0.717, 1.165) is 11.0 Å². The zero-order valence-electron chi connectivity index (χ0n) is 8.68. The van der Waals surface area contributed by atoms with Gasteiger partial charge >= 0.3 is 0 Å². The molecule has 3 nitrogen and oxygen atoms in total. The molecule has 90 valence electrons. The summed E-state index contributed by atoms with van der Waals surface area (Å²) in [4.78, 5) is 12.6. The molecule has 0 aliphatic carbocycles. The van der Waals surface area contributed by atoms with E-state index < -0.39 is 0 Å². The van der Waals surface area contributed by atoms with E-state index in [-0.39, 0.29) is 16.5 Å². The predicted octanol–water partition coefficient (Wildman–Crippen LogP) is 4.25. The quantitative estimate of drug-likeness (QED) is 0.269. The lowest BCUT2D eigenvalue weighted by atomic mass is 10.0. The van der Waals surface area contributed by atoms with Gasteiger partial charge in [0.15, 0.2) is 5.17 Å². The molecule has 1 heterocycles. The Bertz CT molecular complexity index is 602. The highest BCUT2D eigenvalue weighted by molar-refractivity contribution is 8.78. The largest absolute Gasteiger partial charge is 0.288 e. The van der Waals surface area contributed by atoms with Gasteiger partial charge in [-0.15, -0.1) is 0 Å². The Balaban J connectivity index is 2.41. The molecule has 0 bridgehead atoms. The van der Waals surface area contributed by atoms with Gasteiger partial charge in [0, 0.05) is 10.6 Å². The number of halogens is 2. The van der Waals surface area contributed by atoms with Crippen LogP contribution in [0.2, 0.25) is 5.02 Å². The van der Waals surface area contributed by atoms with E-state index >= 15 is 0 Å². The summed E-state index contributed by atoms with van der Waals surface area (Å²) in [6.07, 6.45) is 0. The van der Waals surface area contributed by atoms with Crippen LogP contribution in [0.25, 0.3) is 0 Å². The Hall–Kier alpha value is -0.930. The summed E-state index contributed by atoms with van der Waals surface area (Å²) in [5, 5.41) is 9.81. The van der Waals surface area contributed by atoms with Crippen LogP contribution in [0.3, 0.4) is 0 Å². The smallest absolute Gasteiger partial charge is 0.204 e. The van der Waals surface area contributed by atoms with Crippen molar-refractivity contribution in [3.05, 3.63) is 45.3 Å². The van der Waals surface area contributed by atoms with Crippen LogP contribution >= 0.6 is 45.0 Å². The normalized spacial score (nSPS) is 17.1. The molecule has 0 N–H and O–H groups in total. The summed E-state index contributed by atoms with van der Waals surface area (Å²) in [5.74, 6) is -0.382. The fourth-order valence-corrected chi connectivity index (χ4v) is 3.67. The van der Waals surface area contributed by atoms with Gasteiger partial charge in [0.05, 0.1) is 15.9 Å². The van der Waals surface area contributed by atoms with Crippen LogP contribution in [-0.4, -0.2) is 11.0 Å². The molecular weight excluding hydrogens is 311 g/mol. The lowest BCUT2D eigenvalue weighted by Crippen LogP contribution is -2.05. The number of allylic oxidation sites excluding steroid dienone is 2. The van der Waals surface area contributed by atoms with Crippen molar-refractivity contribution in [2.45, 2.75) is 0 Å². The minimum Gasteiger partial charge on any atom is -0.288 e. The maximum Gasteiger partial charge on any atom is 0.204 e. The van der Waals surface area contributed by atoms with Gasteiger partial charge in [-0.1, -0.05) is 23.2 Å². The molecule has 0 unspecified atom stereocenters. The van der Waals surface area contributed by atoms with Crippen molar-refractivity contribution in [2.24, 2.45) is 4.40 Å². The summed E-state index contributed by atoms with van der Waals surface area (Å²) in [7, 11) is 2.34. The number of nitriles is 1. The van der Waals surface area contributed by atoms with Gasteiger partial charge in [-0.25, -0.2) is 0 Å². The van der Waals surface area contributed by atoms with Crippen LogP contribution in [0.4, 0.5) is 0 Å². The summed E-state index contributed by atoms with van der Waals surface area (Å²) in [6.45, 7) is 0. The summed E-state index contributed by atoms with van der Waals surface area (Å²) < 4.78 is 3.86. The molecule has 0 saturated carbocycles. The number of carbonyl (C=O) groups excluding carboxylic acids is 1. The number of ketones is 1. The second kappa shape index (κ2) is 5.81. The number of hydrogen-bond acceptors (Lipinski definition) is 5. The SMILES string of the molecule is N#C/C(C(=O)c1ccc(Cl)cc1)=C1\SSN=C1Cl. The molecule has 1 aromatic carbocycles. The third-order valence-corrected chi connectivity index (χ3v) is 4.68. The van der Waals surface area contributed by atoms with Gasteiger partial charge in [-0.2, -0.15) is 9.66 Å². The zero-order valence-corrected chi connectivity index (χ0v) is 11.8. The first kappa shape index (κ1) is 13.5. The highest BCUT2D eigenvalue weighted by Crippen LogP contribution is 2.42. The second-order valence-corrected chi connectivity index (χ2v) is 5.84. The van der Waals surface area contributed by atoms with Crippen LogP contribution in [0.15, 0.2) is 39.1 Å². The average Bonchev–Trinajstić information content (AvgIpc) is 2.78. The number of Topliss-reactive ketones (excluding diaryl/α,β-unsaturated/α-hetero) is 1. The summed E-state index contributed by atoms with van der Waals surface area (Å²) in [6, 6.07) is 8.22. The third kappa shape index (κ3) is 2.73. The molecule has 1 aliphatic rings. The topological polar surface area (TPSA) is 53.2 Å². The van der Waals surface area contributed by atoms with E-state index in [1.165, 1.54) is 10.8 Å². The van der Waals surface area contributed by atoms with Gasteiger partial charge in [0.1, 0.15) is 11.6 Å². The lowest BCUT2D eigenvalue weighted by molar-refractivity contribution is 0.103. The van der Waals surface area contributed by atoms with E-state index in [1.807, 2.05) is 6.07 Å². The van der Waals surface area contributed by atoms with E-state index in [1.54, 1.807) is 24.3 Å². The Labute approximate surface area is 121 Å². The zero-order chi connectivity index (χ0) is 13.1. The van der Waals surface area contributed by atoms with Crippen molar-refractivity contribution in [3.63, 3.8) is 0 Å². The van der Waals surface area contributed by atoms with Crippen molar-refractivity contribution in [3.8, 4) is 6.07 Å². The molecule has 0 spiro atoms. The number of nitrogens with zero attached hydrogens (tertiary/aromatic N) is 2. The maximum absolute atomic E-state index is 12.2. The molecule has 0 radical (unpaired) electrons. The number of benzene rings is 1. The summed E-state index contributed by atoms with van der Waals surface area (Å²) >= 11 is 11.6. The first-order chi connectivity index (χ1) is 8.63. The molecule has 2 rings (SSSR count). The number of carbonyl (C=O) groups is 1. The molecule has 0 fully saturated rings. The first-order valence-electron chi connectivity index (χ1n) is 4.65. The Kier molecular flexibility index (Phi) is 4.36. The molecule has 18 heavy (non-hydrogen) atoms. The molecule has 0 aromatic heterocycles. The Morgan fingerprint density at radius 1 is 1.28 bits per heavy atom. The maximum atomic E-state index is 12.2. The van der Waals surface area contributed by atoms with Gasteiger partial charge in [-0.05, 0) is 35.1 Å². The van der Waals surface area contributed by atoms with E-state index in [4.69, 9.17) is 28.5 Å². The predicted molar refractivity (Wildman–Crippen MR) is 76.9 cm³/mol. The van der Waals surface area contributed by atoms with Crippen LogP contribution in [0.1, 0.15) is 10.4 Å². The minimum atomic E-state index is -0.382. The van der Waals surface area contributed by atoms with Gasteiger partial charge in [-0.3, -0.25) is 4.79 Å². The van der Waals surface area contributed by atoms with Crippen LogP contribution in [0, 0.1) is 11.3 Å². The van der Waals surface area contributed by atoms with E-state index in [0.29, 0.717) is 15.5 Å². The molecule has 0 atom stereocenters. The van der Waals surface area contributed by atoms with Crippen molar-refractivity contribution in [2.75, 3.05) is 0 Å². The molecule has 0 saturated heterocycles. The van der Waals surface area contributed by atoms with Gasteiger partial charge < -0.3 is 0 Å². The first-order valence-corrected chi connectivity index (χ1v) is 7.52. The highest BCUT2D eigenvalue weighted by Gasteiger charge is 2.24. The molecule has 1 aromatic rings. The van der Waals surface area contributed by atoms with Crippen molar-refractivity contribution < 1.29 is 4.79 Å². The van der Waals surface area contributed by atoms with Gasteiger partial charge in [0.25, 0.3) is 0 Å². The van der Waals surface area contributed by atoms with Crippen LogP contribution < -0.4 is 0 Å². The standard InChI is InChI=1S/C11H4Cl2N2OS2/c12-7-3-1-6(2-4-7)9(16)8(5-14)10-11(13)15-18-17-10/h1-4H/b10-8+. The lowest BCUT2D eigenvalue weighted by Gasteiger charge is -2.02. The fourth-order valence-electron chi connectivity index (χ4n) is 1.26. The number of hydrogen-bond donors (Lipinski definition) is 0. The van der Waals surface area contributed by atoms with Crippen molar-refractivity contribution in [1.82, 2.24) is 0 Å². The minimum absolute atomic E-state index is 0.000993. The van der Waals surface area contributed by atoms with Crippen molar-refractivity contribution in [1.29, 1.82) is 5.26 Å². The van der Waals surface area contributed by atoms with E-state index in [2.05, 4.69) is 4.40 Å². The van der Waals surface area contributed by atoms with Crippen LogP contribution in [0.5, 0.6) is 0 Å². The summed E-state index contributed by atoms with van der Waals surface area (Å²) in [5.41, 5.74) is 0.395. The Morgan fingerprint density at radius 3 is 2.44 bits per heavy atom. The van der Waals surface area contributed by atoms with Gasteiger partial charge in [0.2, 0.25) is 5.78 Å². The van der Waals surface area contributed by atoms with Crippen molar-refractivity contribution >= 4 is 55.9 Å². The monoisotopic (exact) mass is 314 g/mol. The molecule has 0 amide bonds. The van der Waals surface area contributed by atoms with E-state index in [9.17, 15) is 4.79 Å². The third-order valence-electron chi connectivity index (χ3n) is 2.10. The Morgan fingerprint density at radius 2 is 1.94 bits per heavy atom. The highest BCUT2D eigenvalue weighted by atomic mass is 35.5. The molecule has 7 heteroatoms. The second-order valence-electron chi connectivity index (χ2n) is 3.19. The molecular formula is C11H4Cl2N2OS2. The number of rotatable bonds is 2. The average molecular weight is 315 g/mol. The van der Waals surface area contributed by atoms with Crippen LogP contribution in [-0.2, 0) is 0 Å². The fraction of sp³-hybridized carbons (Fsp3) is 0. The molecule has 1 aliphatic heterocycles.